The van der Waals surface area contributed by atoms with Crippen molar-refractivity contribution in [3.05, 3.63) is 102 Å². The van der Waals surface area contributed by atoms with E-state index in [2.05, 4.69) is 10.1 Å². The highest BCUT2D eigenvalue weighted by Gasteiger charge is 2.23. The van der Waals surface area contributed by atoms with E-state index in [0.717, 1.165) is 16.7 Å². The van der Waals surface area contributed by atoms with E-state index < -0.39 is 0 Å². The van der Waals surface area contributed by atoms with Gasteiger partial charge in [0.15, 0.2) is 11.5 Å². The Morgan fingerprint density at radius 1 is 0.964 bits per heavy atom. The van der Waals surface area contributed by atoms with Gasteiger partial charge >= 0.3 is 0 Å². The fourth-order valence-electron chi connectivity index (χ4n) is 2.90. The number of amides is 1. The molecule has 0 unspecified atom stereocenters. The normalized spacial score (nSPS) is 10.6. The Balaban J connectivity index is 1.65. The average molecular weight is 369 g/mol. The quantitative estimate of drug-likeness (QED) is 0.502. The Morgan fingerprint density at radius 2 is 1.71 bits per heavy atom. The highest BCUT2D eigenvalue weighted by atomic mass is 16.5. The molecule has 0 spiro atoms. The van der Waals surface area contributed by atoms with Crippen LogP contribution in [0.4, 0.5) is 5.82 Å². The number of hydrogen-bond acceptors (Lipinski definition) is 4. The van der Waals surface area contributed by atoms with E-state index in [-0.39, 0.29) is 11.6 Å². The lowest BCUT2D eigenvalue weighted by Crippen LogP contribution is -2.31. The molecule has 0 radical (unpaired) electrons. The summed E-state index contributed by atoms with van der Waals surface area (Å²) in [5.41, 5.74) is 3.29. The third-order valence-corrected chi connectivity index (χ3v) is 4.42. The van der Waals surface area contributed by atoms with Crippen molar-refractivity contribution in [2.45, 2.75) is 13.5 Å². The Morgan fingerprint density at radius 3 is 2.43 bits per heavy atom. The van der Waals surface area contributed by atoms with Crippen molar-refractivity contribution in [2.24, 2.45) is 0 Å². The molecule has 2 aromatic heterocycles. The average Bonchev–Trinajstić information content (AvgIpc) is 3.24. The predicted molar refractivity (Wildman–Crippen MR) is 108 cm³/mol. The summed E-state index contributed by atoms with van der Waals surface area (Å²) in [4.78, 5) is 19.2. The summed E-state index contributed by atoms with van der Waals surface area (Å²) in [5, 5.41) is 4.01. The lowest BCUT2D eigenvalue weighted by Gasteiger charge is -2.20. The minimum absolute atomic E-state index is 0.247. The zero-order valence-corrected chi connectivity index (χ0v) is 15.4. The molecule has 0 N–H and O–H groups in total. The predicted octanol–water partition coefficient (Wildman–Crippen LogP) is 4.89. The Labute approximate surface area is 163 Å². The van der Waals surface area contributed by atoms with Gasteiger partial charge in [-0.1, -0.05) is 71.4 Å². The van der Waals surface area contributed by atoms with Crippen molar-refractivity contribution in [1.29, 1.82) is 0 Å². The molecule has 4 rings (SSSR count). The second-order valence-electron chi connectivity index (χ2n) is 6.51. The highest BCUT2D eigenvalue weighted by Crippen LogP contribution is 2.23. The van der Waals surface area contributed by atoms with E-state index in [0.29, 0.717) is 18.1 Å². The fourth-order valence-corrected chi connectivity index (χ4v) is 2.90. The number of nitrogens with zero attached hydrogens (tertiary/aromatic N) is 3. The van der Waals surface area contributed by atoms with Crippen molar-refractivity contribution in [3.8, 4) is 11.3 Å². The second-order valence-corrected chi connectivity index (χ2v) is 6.51. The van der Waals surface area contributed by atoms with Crippen LogP contribution in [-0.4, -0.2) is 16.0 Å². The van der Waals surface area contributed by atoms with Gasteiger partial charge in [0.2, 0.25) is 0 Å². The molecule has 0 aliphatic rings. The molecule has 0 saturated carbocycles. The second kappa shape index (κ2) is 7.88. The van der Waals surface area contributed by atoms with Gasteiger partial charge in [-0.05, 0) is 24.6 Å². The molecule has 2 heterocycles. The molecular weight excluding hydrogens is 350 g/mol. The van der Waals surface area contributed by atoms with Crippen LogP contribution in [0.15, 0.2) is 89.6 Å². The molecule has 0 aliphatic carbocycles. The maximum absolute atomic E-state index is 13.2. The summed E-state index contributed by atoms with van der Waals surface area (Å²) in [7, 11) is 0. The minimum Gasteiger partial charge on any atom is -0.355 e. The number of rotatable bonds is 5. The summed E-state index contributed by atoms with van der Waals surface area (Å²) in [6, 6.07) is 24.8. The summed E-state index contributed by atoms with van der Waals surface area (Å²) < 4.78 is 5.43. The first-order valence-corrected chi connectivity index (χ1v) is 9.01. The van der Waals surface area contributed by atoms with Crippen molar-refractivity contribution >= 4 is 11.7 Å². The van der Waals surface area contributed by atoms with Crippen molar-refractivity contribution in [2.75, 3.05) is 4.90 Å². The van der Waals surface area contributed by atoms with Crippen molar-refractivity contribution in [3.63, 3.8) is 0 Å². The number of benzene rings is 2. The SMILES string of the molecule is Cc1ccc(-c2cc(C(=O)N(Cc3ccccc3)c3ccccn3)no2)cc1. The van der Waals surface area contributed by atoms with Crippen LogP contribution in [0.25, 0.3) is 11.3 Å². The van der Waals surface area contributed by atoms with Gasteiger partial charge in [-0.3, -0.25) is 9.69 Å². The van der Waals surface area contributed by atoms with Crippen LogP contribution in [0, 0.1) is 6.92 Å². The smallest absolute Gasteiger partial charge is 0.281 e. The lowest BCUT2D eigenvalue weighted by molar-refractivity contribution is 0.0975. The van der Waals surface area contributed by atoms with Crippen molar-refractivity contribution in [1.82, 2.24) is 10.1 Å². The summed E-state index contributed by atoms with van der Waals surface area (Å²) in [5.74, 6) is 0.866. The number of aryl methyl sites for hydroxylation is 1. The summed E-state index contributed by atoms with van der Waals surface area (Å²) in [6.45, 7) is 2.41. The molecule has 28 heavy (non-hydrogen) atoms. The summed E-state index contributed by atoms with van der Waals surface area (Å²) in [6.07, 6.45) is 1.67. The third-order valence-electron chi connectivity index (χ3n) is 4.42. The van der Waals surface area contributed by atoms with E-state index in [1.807, 2.05) is 79.7 Å². The van der Waals surface area contributed by atoms with Crippen LogP contribution in [0.5, 0.6) is 0 Å². The Bertz CT molecular complexity index is 1060. The van der Waals surface area contributed by atoms with Gasteiger partial charge in [-0.15, -0.1) is 0 Å². The lowest BCUT2D eigenvalue weighted by atomic mass is 10.1. The van der Waals surface area contributed by atoms with Gasteiger partial charge in [0, 0.05) is 17.8 Å². The maximum atomic E-state index is 13.2. The van der Waals surface area contributed by atoms with E-state index in [1.165, 1.54) is 0 Å². The standard InChI is InChI=1S/C23H19N3O2/c1-17-10-12-19(13-11-17)21-15-20(25-28-21)23(27)26(22-9-5-6-14-24-22)16-18-7-3-2-4-8-18/h2-15H,16H2,1H3. The number of pyridine rings is 1. The number of carbonyl (C=O) groups is 1. The molecule has 0 saturated heterocycles. The van der Waals surface area contributed by atoms with E-state index in [1.54, 1.807) is 17.2 Å². The van der Waals surface area contributed by atoms with Crippen LogP contribution in [0.3, 0.4) is 0 Å². The topological polar surface area (TPSA) is 59.2 Å². The molecule has 4 aromatic rings. The van der Waals surface area contributed by atoms with Crippen molar-refractivity contribution < 1.29 is 9.32 Å². The third kappa shape index (κ3) is 3.83. The minimum atomic E-state index is -0.260. The van der Waals surface area contributed by atoms with Gasteiger partial charge < -0.3 is 4.52 Å². The monoisotopic (exact) mass is 369 g/mol. The van der Waals surface area contributed by atoms with Gasteiger partial charge in [0.05, 0.1) is 6.54 Å². The molecule has 0 fully saturated rings. The zero-order valence-electron chi connectivity index (χ0n) is 15.4. The molecule has 1 amide bonds. The Hall–Kier alpha value is -3.73. The number of anilines is 1. The molecule has 0 atom stereocenters. The largest absolute Gasteiger partial charge is 0.355 e. The van der Waals surface area contributed by atoms with Gasteiger partial charge in [-0.2, -0.15) is 0 Å². The van der Waals surface area contributed by atoms with Crippen LogP contribution < -0.4 is 4.90 Å². The van der Waals surface area contributed by atoms with Crippen LogP contribution >= 0.6 is 0 Å². The number of hydrogen-bond donors (Lipinski definition) is 0. The number of carbonyl (C=O) groups excluding carboxylic acids is 1. The zero-order chi connectivity index (χ0) is 19.3. The molecule has 5 nitrogen and oxygen atoms in total. The molecule has 2 aromatic carbocycles. The van der Waals surface area contributed by atoms with Gasteiger partial charge in [0.25, 0.3) is 5.91 Å². The highest BCUT2D eigenvalue weighted by molar-refractivity contribution is 6.04. The molecule has 0 aliphatic heterocycles. The van der Waals surface area contributed by atoms with Crippen LogP contribution in [-0.2, 0) is 6.54 Å². The van der Waals surface area contributed by atoms with E-state index in [4.69, 9.17) is 4.52 Å². The van der Waals surface area contributed by atoms with Gasteiger partial charge in [-0.25, -0.2) is 4.98 Å². The van der Waals surface area contributed by atoms with E-state index in [9.17, 15) is 4.79 Å². The molecule has 5 heteroatoms. The number of aromatic nitrogens is 2. The maximum Gasteiger partial charge on any atom is 0.281 e. The van der Waals surface area contributed by atoms with Crippen LogP contribution in [0.1, 0.15) is 21.6 Å². The molecular formula is C23H19N3O2. The van der Waals surface area contributed by atoms with Crippen LogP contribution in [0.2, 0.25) is 0 Å². The Kier molecular flexibility index (Phi) is 4.97. The van der Waals surface area contributed by atoms with Gasteiger partial charge in [0.1, 0.15) is 5.82 Å². The fraction of sp³-hybridized carbons (Fsp3) is 0.0870. The first-order valence-electron chi connectivity index (χ1n) is 9.01. The first kappa shape index (κ1) is 17.7. The molecule has 0 bridgehead atoms. The van der Waals surface area contributed by atoms with E-state index >= 15 is 0 Å². The molecule has 138 valence electrons. The summed E-state index contributed by atoms with van der Waals surface area (Å²) >= 11 is 0. The first-order chi connectivity index (χ1) is 13.7.